The number of benzene rings is 1. The highest BCUT2D eigenvalue weighted by atomic mass is 32.2. The van der Waals surface area contributed by atoms with Crippen molar-refractivity contribution in [3.63, 3.8) is 0 Å². The molecule has 0 aromatic heterocycles. The summed E-state index contributed by atoms with van der Waals surface area (Å²) in [5, 5.41) is 0. The third-order valence-corrected chi connectivity index (χ3v) is 3.83. The van der Waals surface area contributed by atoms with Crippen molar-refractivity contribution in [2.24, 2.45) is 0 Å². The third kappa shape index (κ3) is 2.15. The minimum Gasteiger partial charge on any atom is -0.295 e. The lowest BCUT2D eigenvalue weighted by molar-refractivity contribution is -0.127. The van der Waals surface area contributed by atoms with Crippen molar-refractivity contribution in [1.82, 2.24) is 0 Å². The molecular weight excluding hydrogens is 228 g/mol. The van der Waals surface area contributed by atoms with E-state index in [9.17, 15) is 13.2 Å². The van der Waals surface area contributed by atoms with Crippen molar-refractivity contribution in [3.05, 3.63) is 35.9 Å². The molecule has 1 aromatic carbocycles. The molecule has 1 aliphatic rings. The Morgan fingerprint density at radius 2 is 1.94 bits per heavy atom. The van der Waals surface area contributed by atoms with E-state index in [0.717, 1.165) is 5.56 Å². The average Bonchev–Trinajstić information content (AvgIpc) is 2.36. The molecule has 1 aliphatic heterocycles. The number of ketones is 1. The molecule has 0 radical (unpaired) electrons. The van der Waals surface area contributed by atoms with Gasteiger partial charge in [-0.15, -0.1) is 0 Å². The topological polar surface area (TPSA) is 60.4 Å². The Hall–Kier alpha value is -1.20. The summed E-state index contributed by atoms with van der Waals surface area (Å²) in [7, 11) is -3.67. The van der Waals surface area contributed by atoms with Gasteiger partial charge in [-0.2, -0.15) is 8.42 Å². The Kier molecular flexibility index (Phi) is 2.59. The van der Waals surface area contributed by atoms with Crippen molar-refractivity contribution in [2.75, 3.05) is 5.75 Å². The minimum atomic E-state index is -3.67. The van der Waals surface area contributed by atoms with Gasteiger partial charge in [-0.1, -0.05) is 30.3 Å². The lowest BCUT2D eigenvalue weighted by Gasteiger charge is -2.19. The van der Waals surface area contributed by atoms with Crippen LogP contribution < -0.4 is 0 Å². The van der Waals surface area contributed by atoms with Gasteiger partial charge >= 0.3 is 0 Å². The SMILES string of the molecule is CC1(Cc2ccccc2)OS(=O)(=O)CC1=O. The molecule has 4 nitrogen and oxygen atoms in total. The van der Waals surface area contributed by atoms with Crippen LogP contribution in [0.4, 0.5) is 0 Å². The molecule has 1 fully saturated rings. The molecule has 0 saturated carbocycles. The second kappa shape index (κ2) is 3.68. The van der Waals surface area contributed by atoms with Gasteiger partial charge in [-0.05, 0) is 12.5 Å². The predicted molar refractivity (Wildman–Crippen MR) is 58.4 cm³/mol. The van der Waals surface area contributed by atoms with Crippen LogP contribution in [0, 0.1) is 0 Å². The molecule has 0 amide bonds. The molecule has 1 unspecified atom stereocenters. The highest BCUT2D eigenvalue weighted by Gasteiger charge is 2.47. The Morgan fingerprint density at radius 3 is 2.44 bits per heavy atom. The largest absolute Gasteiger partial charge is 0.295 e. The number of carbonyl (C=O) groups excluding carboxylic acids is 1. The molecule has 86 valence electrons. The van der Waals surface area contributed by atoms with Crippen molar-refractivity contribution in [1.29, 1.82) is 0 Å². The van der Waals surface area contributed by atoms with Crippen LogP contribution in [0.15, 0.2) is 30.3 Å². The van der Waals surface area contributed by atoms with E-state index < -0.39 is 21.5 Å². The van der Waals surface area contributed by atoms with Crippen LogP contribution in [0.3, 0.4) is 0 Å². The van der Waals surface area contributed by atoms with Crippen molar-refractivity contribution in [2.45, 2.75) is 18.9 Å². The summed E-state index contributed by atoms with van der Waals surface area (Å²) in [5.74, 6) is -0.896. The monoisotopic (exact) mass is 240 g/mol. The van der Waals surface area contributed by atoms with Crippen LogP contribution in [0.5, 0.6) is 0 Å². The van der Waals surface area contributed by atoms with Crippen LogP contribution in [0.2, 0.25) is 0 Å². The minimum absolute atomic E-state index is 0.284. The van der Waals surface area contributed by atoms with Crippen LogP contribution in [0.25, 0.3) is 0 Å². The van der Waals surface area contributed by atoms with Gasteiger partial charge in [-0.25, -0.2) is 0 Å². The number of Topliss-reactive ketones (excluding diaryl/α,β-unsaturated/α-hetero) is 1. The van der Waals surface area contributed by atoms with Crippen molar-refractivity contribution in [3.8, 4) is 0 Å². The highest BCUT2D eigenvalue weighted by molar-refractivity contribution is 7.88. The Bertz CT molecular complexity index is 506. The maximum Gasteiger partial charge on any atom is 0.275 e. The maximum absolute atomic E-state index is 11.6. The first-order valence-electron chi connectivity index (χ1n) is 4.92. The van der Waals surface area contributed by atoms with Gasteiger partial charge < -0.3 is 0 Å². The van der Waals surface area contributed by atoms with E-state index >= 15 is 0 Å². The number of hydrogen-bond donors (Lipinski definition) is 0. The molecule has 1 atom stereocenters. The fourth-order valence-electron chi connectivity index (χ4n) is 1.78. The van der Waals surface area contributed by atoms with Crippen molar-refractivity contribution < 1.29 is 17.4 Å². The number of rotatable bonds is 2. The van der Waals surface area contributed by atoms with E-state index in [2.05, 4.69) is 0 Å². The van der Waals surface area contributed by atoms with E-state index in [4.69, 9.17) is 4.18 Å². The normalized spacial score (nSPS) is 28.2. The summed E-state index contributed by atoms with van der Waals surface area (Å²) in [4.78, 5) is 11.6. The summed E-state index contributed by atoms with van der Waals surface area (Å²) in [6.07, 6.45) is 0.284. The fraction of sp³-hybridized carbons (Fsp3) is 0.364. The van der Waals surface area contributed by atoms with Gasteiger partial charge in [0, 0.05) is 6.42 Å². The first kappa shape index (κ1) is 11.3. The molecule has 0 bridgehead atoms. The van der Waals surface area contributed by atoms with E-state index in [-0.39, 0.29) is 12.2 Å². The molecule has 16 heavy (non-hydrogen) atoms. The van der Waals surface area contributed by atoms with Crippen LogP contribution in [0.1, 0.15) is 12.5 Å². The second-order valence-corrected chi connectivity index (χ2v) is 5.67. The summed E-state index contributed by atoms with van der Waals surface area (Å²) in [5.41, 5.74) is -0.351. The van der Waals surface area contributed by atoms with Gasteiger partial charge in [0.2, 0.25) is 0 Å². The zero-order chi connectivity index (χ0) is 11.8. The predicted octanol–water partition coefficient (Wildman–Crippen LogP) is 0.917. The smallest absolute Gasteiger partial charge is 0.275 e. The summed E-state index contributed by atoms with van der Waals surface area (Å²) in [6, 6.07) is 9.22. The van der Waals surface area contributed by atoms with Crippen molar-refractivity contribution >= 4 is 15.9 Å². The zero-order valence-corrected chi connectivity index (χ0v) is 9.66. The molecule has 5 heteroatoms. The molecule has 1 heterocycles. The van der Waals surface area contributed by atoms with E-state index in [1.54, 1.807) is 0 Å². The first-order valence-corrected chi connectivity index (χ1v) is 6.50. The Labute approximate surface area is 94.4 Å². The standard InChI is InChI=1S/C11H12O4S/c1-11(7-9-5-3-2-4-6-9)10(12)8-16(13,14)15-11/h2-6H,7-8H2,1H3. The maximum atomic E-state index is 11.6. The Balaban J connectivity index is 2.25. The molecule has 2 rings (SSSR count). The lowest BCUT2D eigenvalue weighted by Crippen LogP contribution is -2.35. The van der Waals surface area contributed by atoms with Crippen LogP contribution in [-0.4, -0.2) is 25.6 Å². The molecule has 0 spiro atoms. The van der Waals surface area contributed by atoms with E-state index in [0.29, 0.717) is 0 Å². The van der Waals surface area contributed by atoms with Gasteiger partial charge in [0.05, 0.1) is 0 Å². The third-order valence-electron chi connectivity index (χ3n) is 2.59. The van der Waals surface area contributed by atoms with Crippen LogP contribution in [-0.2, 0) is 25.5 Å². The molecule has 1 aromatic rings. The number of carbonyl (C=O) groups is 1. The van der Waals surface area contributed by atoms with Gasteiger partial charge in [0.15, 0.2) is 5.78 Å². The first-order chi connectivity index (χ1) is 7.41. The second-order valence-electron chi connectivity index (χ2n) is 4.10. The lowest BCUT2D eigenvalue weighted by atomic mass is 9.93. The van der Waals surface area contributed by atoms with Gasteiger partial charge in [-0.3, -0.25) is 8.98 Å². The molecule has 0 aliphatic carbocycles. The summed E-state index contributed by atoms with van der Waals surface area (Å²) in [6.45, 7) is 1.52. The average molecular weight is 240 g/mol. The highest BCUT2D eigenvalue weighted by Crippen LogP contribution is 2.28. The summed E-state index contributed by atoms with van der Waals surface area (Å²) < 4.78 is 27.3. The summed E-state index contributed by atoms with van der Waals surface area (Å²) >= 11 is 0. The Morgan fingerprint density at radius 1 is 1.31 bits per heavy atom. The van der Waals surface area contributed by atoms with Gasteiger partial charge in [0.25, 0.3) is 10.1 Å². The molecule has 1 saturated heterocycles. The quantitative estimate of drug-likeness (QED) is 0.721. The van der Waals surface area contributed by atoms with E-state index in [1.165, 1.54) is 6.92 Å². The fourth-order valence-corrected chi connectivity index (χ4v) is 3.18. The van der Waals surface area contributed by atoms with Gasteiger partial charge in [0.1, 0.15) is 11.4 Å². The number of hydrogen-bond acceptors (Lipinski definition) is 4. The molecular formula is C11H12O4S. The zero-order valence-electron chi connectivity index (χ0n) is 8.84. The molecule has 0 N–H and O–H groups in total. The van der Waals surface area contributed by atoms with E-state index in [1.807, 2.05) is 30.3 Å². The van der Waals surface area contributed by atoms with Crippen LogP contribution >= 0.6 is 0 Å².